The maximum atomic E-state index is 5.67. The highest BCUT2D eigenvalue weighted by Gasteiger charge is 2.39. The van der Waals surface area contributed by atoms with Crippen molar-refractivity contribution in [3.8, 4) is 5.75 Å². The molecule has 0 unspecified atom stereocenters. The fourth-order valence-corrected chi connectivity index (χ4v) is 2.16. The molecule has 0 amide bonds. The summed E-state index contributed by atoms with van der Waals surface area (Å²) < 4.78 is 10.9. The molecule has 0 bridgehead atoms. The van der Waals surface area contributed by atoms with Crippen molar-refractivity contribution in [3.63, 3.8) is 0 Å². The summed E-state index contributed by atoms with van der Waals surface area (Å²) in [6.45, 7) is 4.94. The molecule has 1 saturated heterocycles. The van der Waals surface area contributed by atoms with Crippen LogP contribution in [0, 0.1) is 0 Å². The first kappa shape index (κ1) is 11.4. The van der Waals surface area contributed by atoms with Crippen LogP contribution in [-0.2, 0) is 10.2 Å². The molecular weight excluding hydrogens is 202 g/mol. The Labute approximate surface area is 96.5 Å². The van der Waals surface area contributed by atoms with Crippen molar-refractivity contribution in [1.29, 1.82) is 0 Å². The Morgan fingerprint density at radius 1 is 1.44 bits per heavy atom. The molecule has 0 spiro atoms. The summed E-state index contributed by atoms with van der Waals surface area (Å²) in [7, 11) is 0. The Hall–Kier alpha value is -1.06. The van der Waals surface area contributed by atoms with Crippen LogP contribution in [0.15, 0.2) is 24.3 Å². The minimum atomic E-state index is 0.127. The maximum Gasteiger partial charge on any atom is 0.119 e. The van der Waals surface area contributed by atoms with Crippen molar-refractivity contribution in [1.82, 2.24) is 0 Å². The highest BCUT2D eigenvalue weighted by atomic mass is 16.5. The van der Waals surface area contributed by atoms with Crippen LogP contribution in [-0.4, -0.2) is 26.4 Å². The molecule has 88 valence electrons. The zero-order valence-electron chi connectivity index (χ0n) is 9.74. The van der Waals surface area contributed by atoms with Gasteiger partial charge in [0.15, 0.2) is 0 Å². The predicted octanol–water partition coefficient (Wildman–Crippen LogP) is 1.70. The van der Waals surface area contributed by atoms with Crippen LogP contribution in [0.1, 0.15) is 18.9 Å². The van der Waals surface area contributed by atoms with Crippen molar-refractivity contribution in [2.45, 2.75) is 18.8 Å². The summed E-state index contributed by atoms with van der Waals surface area (Å²) in [5.74, 6) is 0.934. The molecule has 1 fully saturated rings. The lowest BCUT2D eigenvalue weighted by molar-refractivity contribution is -0.0631. The van der Waals surface area contributed by atoms with Crippen LogP contribution in [0.5, 0.6) is 5.75 Å². The van der Waals surface area contributed by atoms with E-state index in [2.05, 4.69) is 12.1 Å². The van der Waals surface area contributed by atoms with Gasteiger partial charge < -0.3 is 15.2 Å². The molecule has 1 aromatic carbocycles. The van der Waals surface area contributed by atoms with Crippen molar-refractivity contribution >= 4 is 0 Å². The molecule has 16 heavy (non-hydrogen) atoms. The van der Waals surface area contributed by atoms with Gasteiger partial charge in [0.1, 0.15) is 5.75 Å². The van der Waals surface area contributed by atoms with Crippen LogP contribution in [0.3, 0.4) is 0 Å². The quantitative estimate of drug-likeness (QED) is 0.823. The van der Waals surface area contributed by atoms with E-state index in [1.165, 1.54) is 5.56 Å². The lowest BCUT2D eigenvalue weighted by Gasteiger charge is -2.42. The molecular formula is C13H19NO2. The number of hydrogen-bond donors (Lipinski definition) is 1. The molecule has 3 nitrogen and oxygen atoms in total. The molecule has 1 aliphatic heterocycles. The van der Waals surface area contributed by atoms with Crippen LogP contribution < -0.4 is 10.5 Å². The van der Waals surface area contributed by atoms with Gasteiger partial charge in [0.2, 0.25) is 0 Å². The smallest absolute Gasteiger partial charge is 0.119 e. The highest BCUT2D eigenvalue weighted by molar-refractivity contribution is 5.35. The van der Waals surface area contributed by atoms with Gasteiger partial charge in [-0.15, -0.1) is 0 Å². The first-order valence-electron chi connectivity index (χ1n) is 5.82. The van der Waals surface area contributed by atoms with E-state index in [1.807, 2.05) is 19.1 Å². The Morgan fingerprint density at radius 2 is 2.25 bits per heavy atom. The average molecular weight is 221 g/mol. The molecule has 0 radical (unpaired) electrons. The topological polar surface area (TPSA) is 44.5 Å². The highest BCUT2D eigenvalue weighted by Crippen LogP contribution is 2.36. The summed E-state index contributed by atoms with van der Waals surface area (Å²) in [6.07, 6.45) is 0.975. The second-order valence-corrected chi connectivity index (χ2v) is 4.27. The number of ether oxygens (including phenoxy) is 2. The van der Waals surface area contributed by atoms with Gasteiger partial charge in [-0.3, -0.25) is 0 Å². The van der Waals surface area contributed by atoms with Gasteiger partial charge in [0.25, 0.3) is 0 Å². The van der Waals surface area contributed by atoms with Crippen molar-refractivity contribution in [3.05, 3.63) is 29.8 Å². The van der Waals surface area contributed by atoms with Crippen molar-refractivity contribution in [2.75, 3.05) is 26.4 Å². The summed E-state index contributed by atoms with van der Waals surface area (Å²) in [4.78, 5) is 0. The molecule has 1 heterocycles. The molecule has 0 saturated carbocycles. The number of nitrogens with two attached hydrogens (primary N) is 1. The Bertz CT molecular complexity index is 348. The third kappa shape index (κ3) is 2.06. The Kier molecular flexibility index (Phi) is 3.46. The van der Waals surface area contributed by atoms with E-state index in [1.54, 1.807) is 0 Å². The summed E-state index contributed by atoms with van der Waals surface area (Å²) in [5, 5.41) is 0. The Morgan fingerprint density at radius 3 is 2.81 bits per heavy atom. The first-order valence-corrected chi connectivity index (χ1v) is 5.82. The fraction of sp³-hybridized carbons (Fsp3) is 0.538. The van der Waals surface area contributed by atoms with Crippen LogP contribution in [0.25, 0.3) is 0 Å². The molecule has 1 aromatic rings. The third-order valence-electron chi connectivity index (χ3n) is 3.14. The summed E-state index contributed by atoms with van der Waals surface area (Å²) >= 11 is 0. The molecule has 2 N–H and O–H groups in total. The zero-order valence-corrected chi connectivity index (χ0v) is 9.74. The van der Waals surface area contributed by atoms with Gasteiger partial charge in [0.05, 0.1) is 19.8 Å². The second kappa shape index (κ2) is 4.85. The summed E-state index contributed by atoms with van der Waals surface area (Å²) in [6, 6.07) is 8.28. The Balaban J connectivity index is 2.21. The van der Waals surface area contributed by atoms with E-state index in [-0.39, 0.29) is 5.41 Å². The first-order chi connectivity index (χ1) is 7.80. The molecule has 0 atom stereocenters. The number of rotatable bonds is 5. The lowest BCUT2D eigenvalue weighted by atomic mass is 9.76. The minimum absolute atomic E-state index is 0.127. The van der Waals surface area contributed by atoms with Crippen molar-refractivity contribution < 1.29 is 9.47 Å². The van der Waals surface area contributed by atoms with E-state index >= 15 is 0 Å². The van der Waals surface area contributed by atoms with Gasteiger partial charge in [-0.1, -0.05) is 12.1 Å². The maximum absolute atomic E-state index is 5.67. The minimum Gasteiger partial charge on any atom is -0.494 e. The van der Waals surface area contributed by atoms with Crippen LogP contribution in [0.2, 0.25) is 0 Å². The van der Waals surface area contributed by atoms with Gasteiger partial charge in [0, 0.05) is 5.41 Å². The lowest BCUT2D eigenvalue weighted by Crippen LogP contribution is -2.48. The normalized spacial score (nSPS) is 17.9. The predicted molar refractivity (Wildman–Crippen MR) is 63.8 cm³/mol. The van der Waals surface area contributed by atoms with E-state index in [0.29, 0.717) is 13.2 Å². The van der Waals surface area contributed by atoms with E-state index < -0.39 is 0 Å². The van der Waals surface area contributed by atoms with E-state index in [0.717, 1.165) is 25.4 Å². The van der Waals surface area contributed by atoms with Gasteiger partial charge >= 0.3 is 0 Å². The molecule has 3 heteroatoms. The zero-order chi connectivity index (χ0) is 11.4. The standard InChI is InChI=1S/C13H19NO2/c1-2-16-12-5-3-4-11(8-12)13(6-7-14)9-15-10-13/h3-5,8H,2,6-7,9-10,14H2,1H3. The molecule has 1 aliphatic rings. The van der Waals surface area contributed by atoms with Crippen LogP contribution in [0.4, 0.5) is 0 Å². The second-order valence-electron chi connectivity index (χ2n) is 4.27. The molecule has 0 aromatic heterocycles. The monoisotopic (exact) mass is 221 g/mol. The summed E-state index contributed by atoms with van der Waals surface area (Å²) in [5.41, 5.74) is 7.09. The van der Waals surface area contributed by atoms with Gasteiger partial charge in [-0.25, -0.2) is 0 Å². The van der Waals surface area contributed by atoms with Crippen molar-refractivity contribution in [2.24, 2.45) is 5.73 Å². The number of benzene rings is 1. The third-order valence-corrected chi connectivity index (χ3v) is 3.14. The molecule has 0 aliphatic carbocycles. The average Bonchev–Trinajstić information content (AvgIpc) is 2.24. The van der Waals surface area contributed by atoms with E-state index in [9.17, 15) is 0 Å². The van der Waals surface area contributed by atoms with Gasteiger partial charge in [-0.2, -0.15) is 0 Å². The van der Waals surface area contributed by atoms with E-state index in [4.69, 9.17) is 15.2 Å². The number of hydrogen-bond acceptors (Lipinski definition) is 3. The van der Waals surface area contributed by atoms with Crippen LogP contribution >= 0.6 is 0 Å². The van der Waals surface area contributed by atoms with Gasteiger partial charge in [-0.05, 0) is 37.6 Å². The molecule has 2 rings (SSSR count). The SMILES string of the molecule is CCOc1cccc(C2(CCN)COC2)c1. The fourth-order valence-electron chi connectivity index (χ4n) is 2.16. The largest absolute Gasteiger partial charge is 0.494 e.